The fraction of sp³-hybridized carbons (Fsp3) is 0.867. The van der Waals surface area contributed by atoms with Crippen molar-refractivity contribution >= 4 is 21.9 Å². The fourth-order valence-corrected chi connectivity index (χ4v) is 2.60. The summed E-state index contributed by atoms with van der Waals surface area (Å²) in [7, 11) is -4.61. The minimum Gasteiger partial charge on any atom is -0.463 e. The minimum absolute atomic E-state index is 0.0641. The summed E-state index contributed by atoms with van der Waals surface area (Å²) in [4.78, 5) is 22.5. The van der Waals surface area contributed by atoms with Crippen molar-refractivity contribution in [3.05, 3.63) is 0 Å². The topological polar surface area (TPSA) is 116 Å². The molecule has 0 aromatic rings. The van der Waals surface area contributed by atoms with E-state index in [1.54, 1.807) is 0 Å². The van der Waals surface area contributed by atoms with Gasteiger partial charge in [-0.1, -0.05) is 26.2 Å². The number of ether oxygens (including phenoxy) is 3. The van der Waals surface area contributed by atoms with E-state index in [1.165, 1.54) is 12.8 Å². The standard InChI is InChI=1S/C15H28O8S/c1-3-4-5-6-7-21-8-9-22-10-11-23-15(17)12-14(13(2)16)24(18,19)20/h14H,3-12H2,1-2H3,(H,18,19,20). The van der Waals surface area contributed by atoms with E-state index in [2.05, 4.69) is 6.92 Å². The first kappa shape index (κ1) is 23.0. The molecule has 0 heterocycles. The highest BCUT2D eigenvalue weighted by molar-refractivity contribution is 7.87. The van der Waals surface area contributed by atoms with Crippen molar-refractivity contribution in [1.82, 2.24) is 0 Å². The third-order valence-electron chi connectivity index (χ3n) is 3.17. The van der Waals surface area contributed by atoms with Gasteiger partial charge in [-0.05, 0) is 13.3 Å². The van der Waals surface area contributed by atoms with E-state index in [1.807, 2.05) is 0 Å². The lowest BCUT2D eigenvalue weighted by Crippen LogP contribution is -2.31. The van der Waals surface area contributed by atoms with E-state index in [0.29, 0.717) is 19.8 Å². The van der Waals surface area contributed by atoms with E-state index in [4.69, 9.17) is 18.8 Å². The molecule has 1 unspecified atom stereocenters. The van der Waals surface area contributed by atoms with Gasteiger partial charge in [0.25, 0.3) is 10.1 Å². The first-order chi connectivity index (χ1) is 11.3. The largest absolute Gasteiger partial charge is 0.463 e. The lowest BCUT2D eigenvalue weighted by molar-refractivity contribution is -0.146. The van der Waals surface area contributed by atoms with Gasteiger partial charge in [-0.3, -0.25) is 14.1 Å². The summed E-state index contributed by atoms with van der Waals surface area (Å²) < 4.78 is 46.1. The Labute approximate surface area is 143 Å². The fourth-order valence-electron chi connectivity index (χ4n) is 1.84. The van der Waals surface area contributed by atoms with Crippen LogP contribution >= 0.6 is 0 Å². The molecule has 0 aromatic carbocycles. The van der Waals surface area contributed by atoms with Gasteiger partial charge in [-0.15, -0.1) is 0 Å². The molecule has 0 aliphatic heterocycles. The van der Waals surface area contributed by atoms with Crippen LogP contribution in [0.25, 0.3) is 0 Å². The molecule has 0 fully saturated rings. The monoisotopic (exact) mass is 368 g/mol. The van der Waals surface area contributed by atoms with Gasteiger partial charge in [0.1, 0.15) is 6.61 Å². The number of hydrogen-bond donors (Lipinski definition) is 1. The Bertz CT molecular complexity index is 460. The lowest BCUT2D eigenvalue weighted by atomic mass is 10.2. The molecule has 0 saturated carbocycles. The second-order valence-electron chi connectivity index (χ2n) is 5.32. The van der Waals surface area contributed by atoms with E-state index in [9.17, 15) is 18.0 Å². The zero-order valence-electron chi connectivity index (χ0n) is 14.4. The molecule has 0 aliphatic carbocycles. The Morgan fingerprint density at radius 2 is 1.54 bits per heavy atom. The normalized spacial score (nSPS) is 12.8. The van der Waals surface area contributed by atoms with Crippen molar-refractivity contribution in [3.8, 4) is 0 Å². The second kappa shape index (κ2) is 13.3. The number of carbonyl (C=O) groups excluding carboxylic acids is 2. The van der Waals surface area contributed by atoms with Crippen LogP contribution in [0.4, 0.5) is 0 Å². The lowest BCUT2D eigenvalue weighted by Gasteiger charge is -2.10. The number of ketones is 1. The number of carbonyl (C=O) groups is 2. The molecule has 0 bridgehead atoms. The van der Waals surface area contributed by atoms with Crippen LogP contribution in [-0.2, 0) is 33.9 Å². The van der Waals surface area contributed by atoms with Crippen molar-refractivity contribution in [1.29, 1.82) is 0 Å². The van der Waals surface area contributed by atoms with Gasteiger partial charge >= 0.3 is 5.97 Å². The van der Waals surface area contributed by atoms with Crippen molar-refractivity contribution in [3.63, 3.8) is 0 Å². The molecule has 0 aromatic heterocycles. The van der Waals surface area contributed by atoms with Crippen LogP contribution < -0.4 is 0 Å². The van der Waals surface area contributed by atoms with Crippen molar-refractivity contribution in [2.75, 3.05) is 33.0 Å². The van der Waals surface area contributed by atoms with Gasteiger partial charge in [0, 0.05) is 6.61 Å². The molecule has 8 nitrogen and oxygen atoms in total. The number of unbranched alkanes of at least 4 members (excludes halogenated alkanes) is 3. The molecule has 1 N–H and O–H groups in total. The second-order valence-corrected chi connectivity index (χ2v) is 6.92. The SMILES string of the molecule is CCCCCCOCCOCCOC(=O)CC(C(C)=O)S(=O)(=O)O. The molecule has 24 heavy (non-hydrogen) atoms. The Morgan fingerprint density at radius 3 is 2.08 bits per heavy atom. The number of rotatable bonds is 15. The van der Waals surface area contributed by atoms with Crippen LogP contribution in [0.3, 0.4) is 0 Å². The molecule has 0 spiro atoms. The van der Waals surface area contributed by atoms with Gasteiger partial charge < -0.3 is 14.2 Å². The molecule has 0 radical (unpaired) electrons. The Hall–Kier alpha value is -1.03. The van der Waals surface area contributed by atoms with Gasteiger partial charge in [0.2, 0.25) is 0 Å². The molecular weight excluding hydrogens is 340 g/mol. The number of esters is 1. The van der Waals surface area contributed by atoms with E-state index in [0.717, 1.165) is 19.8 Å². The first-order valence-electron chi connectivity index (χ1n) is 8.06. The summed E-state index contributed by atoms with van der Waals surface area (Å²) in [5.41, 5.74) is 0. The summed E-state index contributed by atoms with van der Waals surface area (Å²) in [6.07, 6.45) is 3.84. The van der Waals surface area contributed by atoms with Crippen molar-refractivity contribution < 1.29 is 36.8 Å². The van der Waals surface area contributed by atoms with Crippen LogP contribution in [0.5, 0.6) is 0 Å². The molecule has 9 heteroatoms. The van der Waals surface area contributed by atoms with Crippen molar-refractivity contribution in [2.45, 2.75) is 51.2 Å². The molecular formula is C15H28O8S. The number of Topliss-reactive ketones (excluding diaryl/α,β-unsaturated/α-hetero) is 1. The van der Waals surface area contributed by atoms with Crippen LogP contribution in [0, 0.1) is 0 Å². The average Bonchev–Trinajstić information content (AvgIpc) is 2.48. The first-order valence-corrected chi connectivity index (χ1v) is 9.57. The number of hydrogen-bond acceptors (Lipinski definition) is 7. The maximum atomic E-state index is 11.4. The highest BCUT2D eigenvalue weighted by atomic mass is 32.2. The molecule has 0 amide bonds. The molecule has 0 rings (SSSR count). The van der Waals surface area contributed by atoms with Crippen LogP contribution in [0.15, 0.2) is 0 Å². The smallest absolute Gasteiger partial charge is 0.307 e. The maximum Gasteiger partial charge on any atom is 0.307 e. The molecule has 1 atom stereocenters. The molecule has 142 valence electrons. The van der Waals surface area contributed by atoms with Gasteiger partial charge in [-0.25, -0.2) is 0 Å². The predicted octanol–water partition coefficient (Wildman–Crippen LogP) is 1.38. The molecule has 0 saturated heterocycles. The highest BCUT2D eigenvalue weighted by Crippen LogP contribution is 2.07. The van der Waals surface area contributed by atoms with E-state index < -0.39 is 33.5 Å². The summed E-state index contributed by atoms with van der Waals surface area (Å²) >= 11 is 0. The summed E-state index contributed by atoms with van der Waals surface area (Å²) in [6, 6.07) is 0. The minimum atomic E-state index is -4.61. The third-order valence-corrected chi connectivity index (χ3v) is 4.39. The summed E-state index contributed by atoms with van der Waals surface area (Å²) in [5, 5.41) is -1.79. The van der Waals surface area contributed by atoms with Gasteiger partial charge in [0.05, 0.1) is 26.2 Å². The van der Waals surface area contributed by atoms with E-state index in [-0.39, 0.29) is 13.2 Å². The zero-order valence-corrected chi connectivity index (χ0v) is 15.2. The Kier molecular flexibility index (Phi) is 12.7. The van der Waals surface area contributed by atoms with Crippen LogP contribution in [0.2, 0.25) is 0 Å². The van der Waals surface area contributed by atoms with Crippen LogP contribution in [0.1, 0.15) is 46.0 Å². The summed E-state index contributed by atoms with van der Waals surface area (Å²) in [6.45, 7) is 4.72. The predicted molar refractivity (Wildman–Crippen MR) is 87.4 cm³/mol. The van der Waals surface area contributed by atoms with Crippen LogP contribution in [-0.4, -0.2) is 63.0 Å². The van der Waals surface area contributed by atoms with Crippen molar-refractivity contribution in [2.24, 2.45) is 0 Å². The van der Waals surface area contributed by atoms with Gasteiger partial charge in [0.15, 0.2) is 11.0 Å². The average molecular weight is 368 g/mol. The summed E-state index contributed by atoms with van der Waals surface area (Å²) in [5.74, 6) is -1.70. The molecule has 0 aliphatic rings. The van der Waals surface area contributed by atoms with Gasteiger partial charge in [-0.2, -0.15) is 8.42 Å². The quantitative estimate of drug-likeness (QED) is 0.262. The third kappa shape index (κ3) is 12.4. The highest BCUT2D eigenvalue weighted by Gasteiger charge is 2.31. The van der Waals surface area contributed by atoms with E-state index >= 15 is 0 Å². The Morgan fingerprint density at radius 1 is 0.958 bits per heavy atom. The Balaban J connectivity index is 3.64. The zero-order chi connectivity index (χ0) is 18.4. The maximum absolute atomic E-state index is 11.4.